The van der Waals surface area contributed by atoms with Gasteiger partial charge >= 0.3 is 5.97 Å². The van der Waals surface area contributed by atoms with Crippen LogP contribution >= 0.6 is 0 Å². The molecule has 0 atom stereocenters. The molecular formula is C9H4B4O4. The predicted molar refractivity (Wildman–Crippen MR) is 63.1 cm³/mol. The van der Waals surface area contributed by atoms with Crippen molar-refractivity contribution < 1.29 is 19.4 Å². The van der Waals surface area contributed by atoms with Gasteiger partial charge in [0.1, 0.15) is 31.4 Å². The molecule has 8 heteroatoms. The van der Waals surface area contributed by atoms with Gasteiger partial charge in [-0.05, 0) is 18.2 Å². The largest absolute Gasteiger partial charge is 0.501 e. The van der Waals surface area contributed by atoms with Crippen LogP contribution in [0.5, 0.6) is 11.5 Å². The summed E-state index contributed by atoms with van der Waals surface area (Å²) in [6.07, 6.45) is 0. The topological polar surface area (TPSA) is 55.8 Å². The number of fused-ring (bicyclic) bond motifs is 1. The molecule has 1 aromatic rings. The summed E-state index contributed by atoms with van der Waals surface area (Å²) in [6, 6.07) is 3.91. The number of benzene rings is 1. The number of carboxylic acid groups (broad SMARTS) is 1. The van der Waals surface area contributed by atoms with Crippen LogP contribution in [0.4, 0.5) is 0 Å². The highest BCUT2D eigenvalue weighted by atomic mass is 16.6. The second-order valence-electron chi connectivity index (χ2n) is 3.76. The van der Waals surface area contributed by atoms with Crippen LogP contribution in [0.25, 0.3) is 0 Å². The lowest BCUT2D eigenvalue weighted by Crippen LogP contribution is -2.65. The zero-order chi connectivity index (χ0) is 12.8. The third kappa shape index (κ3) is 1.92. The SMILES string of the molecule is [B]C1([B])Oc2ccc(C(=O)O)cc2OC1([B])[B]. The Balaban J connectivity index is 2.47. The van der Waals surface area contributed by atoms with Gasteiger partial charge in [-0.1, -0.05) is 0 Å². The minimum atomic E-state index is -1.96. The molecule has 0 aliphatic carbocycles. The van der Waals surface area contributed by atoms with E-state index in [4.69, 9.17) is 46.0 Å². The Labute approximate surface area is 103 Å². The Morgan fingerprint density at radius 2 is 1.59 bits per heavy atom. The van der Waals surface area contributed by atoms with Crippen LogP contribution in [0.2, 0.25) is 0 Å². The average molecular weight is 219 g/mol. The molecule has 2 rings (SSSR count). The van der Waals surface area contributed by atoms with E-state index in [9.17, 15) is 4.79 Å². The van der Waals surface area contributed by atoms with Gasteiger partial charge < -0.3 is 14.6 Å². The Hall–Kier alpha value is -1.45. The monoisotopic (exact) mass is 220 g/mol. The third-order valence-corrected chi connectivity index (χ3v) is 2.36. The van der Waals surface area contributed by atoms with E-state index in [0.29, 0.717) is 0 Å². The first-order valence-electron chi connectivity index (χ1n) is 4.64. The molecule has 1 N–H and O–H groups in total. The van der Waals surface area contributed by atoms with Gasteiger partial charge in [-0.3, -0.25) is 0 Å². The number of carboxylic acids is 1. The Morgan fingerprint density at radius 3 is 2.12 bits per heavy atom. The summed E-state index contributed by atoms with van der Waals surface area (Å²) in [5, 5.41) is 4.94. The molecule has 4 nitrogen and oxygen atoms in total. The van der Waals surface area contributed by atoms with E-state index in [1.165, 1.54) is 18.2 Å². The van der Waals surface area contributed by atoms with Crippen LogP contribution in [-0.4, -0.2) is 53.3 Å². The lowest BCUT2D eigenvalue weighted by atomic mass is 9.41. The molecule has 0 spiro atoms. The smallest absolute Gasteiger partial charge is 0.335 e. The third-order valence-electron chi connectivity index (χ3n) is 2.36. The van der Waals surface area contributed by atoms with Crippen molar-refractivity contribution in [3.05, 3.63) is 23.8 Å². The summed E-state index contributed by atoms with van der Waals surface area (Å²) in [4.78, 5) is 10.8. The van der Waals surface area contributed by atoms with Gasteiger partial charge in [0.05, 0.1) is 5.56 Å². The van der Waals surface area contributed by atoms with Crippen molar-refractivity contribution in [3.63, 3.8) is 0 Å². The van der Waals surface area contributed by atoms with E-state index in [0.717, 1.165) is 0 Å². The van der Waals surface area contributed by atoms with E-state index in [2.05, 4.69) is 0 Å². The van der Waals surface area contributed by atoms with Crippen molar-refractivity contribution in [2.45, 2.75) is 10.8 Å². The van der Waals surface area contributed by atoms with Gasteiger partial charge in [0.15, 0.2) is 11.5 Å². The fourth-order valence-corrected chi connectivity index (χ4v) is 1.33. The molecule has 1 aliphatic rings. The van der Waals surface area contributed by atoms with E-state index in [1.54, 1.807) is 0 Å². The molecule has 1 aliphatic heterocycles. The van der Waals surface area contributed by atoms with Crippen molar-refractivity contribution >= 4 is 37.4 Å². The summed E-state index contributed by atoms with van der Waals surface area (Å²) < 4.78 is 10.3. The lowest BCUT2D eigenvalue weighted by Gasteiger charge is -2.48. The molecule has 0 saturated carbocycles. The molecule has 0 saturated heterocycles. The summed E-state index contributed by atoms with van der Waals surface area (Å²) in [7, 11) is 22.1. The molecule has 0 fully saturated rings. The van der Waals surface area contributed by atoms with Crippen molar-refractivity contribution in [2.75, 3.05) is 0 Å². The van der Waals surface area contributed by atoms with Crippen LogP contribution in [0, 0.1) is 0 Å². The highest BCUT2D eigenvalue weighted by molar-refractivity contribution is 6.53. The Morgan fingerprint density at radius 1 is 1.06 bits per heavy atom. The maximum Gasteiger partial charge on any atom is 0.335 e. The zero-order valence-corrected chi connectivity index (χ0v) is 8.71. The molecule has 0 unspecified atom stereocenters. The number of carbonyl (C=O) groups is 1. The van der Waals surface area contributed by atoms with Crippen molar-refractivity contribution in [2.24, 2.45) is 0 Å². The molecule has 1 heterocycles. The lowest BCUT2D eigenvalue weighted by molar-refractivity contribution is 0.0605. The minimum Gasteiger partial charge on any atom is -0.501 e. The van der Waals surface area contributed by atoms with Crippen molar-refractivity contribution in [1.29, 1.82) is 0 Å². The molecule has 0 aromatic heterocycles. The van der Waals surface area contributed by atoms with Gasteiger partial charge in [-0.2, -0.15) is 0 Å². The molecule has 17 heavy (non-hydrogen) atoms. The summed E-state index contributed by atoms with van der Waals surface area (Å²) >= 11 is 0. The molecular weight excluding hydrogens is 215 g/mol. The Bertz CT molecular complexity index is 486. The van der Waals surface area contributed by atoms with E-state index >= 15 is 0 Å². The molecule has 0 amide bonds. The maximum absolute atomic E-state index is 10.8. The second-order valence-corrected chi connectivity index (χ2v) is 3.76. The number of aromatic carboxylic acids is 1. The molecule has 8 radical (unpaired) electrons. The normalized spacial score (nSPS) is 19.5. The quantitative estimate of drug-likeness (QED) is 0.624. The Kier molecular flexibility index (Phi) is 2.49. The minimum absolute atomic E-state index is 0.00435. The van der Waals surface area contributed by atoms with Crippen LogP contribution in [0.3, 0.4) is 0 Å². The molecule has 1 aromatic carbocycles. The molecule has 76 valence electrons. The fourth-order valence-electron chi connectivity index (χ4n) is 1.33. The highest BCUT2D eigenvalue weighted by Crippen LogP contribution is 2.39. The number of rotatable bonds is 1. The van der Waals surface area contributed by atoms with Crippen LogP contribution < -0.4 is 9.47 Å². The number of hydrogen-bond donors (Lipinski definition) is 1. The molecule has 0 bridgehead atoms. The highest BCUT2D eigenvalue weighted by Gasteiger charge is 2.43. The first kappa shape index (κ1) is 12.0. The van der Waals surface area contributed by atoms with E-state index in [1.807, 2.05) is 0 Å². The van der Waals surface area contributed by atoms with Crippen molar-refractivity contribution in [1.82, 2.24) is 0 Å². The van der Waals surface area contributed by atoms with E-state index in [-0.39, 0.29) is 17.1 Å². The zero-order valence-electron chi connectivity index (χ0n) is 8.71. The van der Waals surface area contributed by atoms with Gasteiger partial charge in [0.2, 0.25) is 0 Å². The fraction of sp³-hybridized carbons (Fsp3) is 0.222. The average Bonchev–Trinajstić information content (AvgIpc) is 2.17. The van der Waals surface area contributed by atoms with Gasteiger partial charge in [0.25, 0.3) is 0 Å². The maximum atomic E-state index is 10.8. The van der Waals surface area contributed by atoms with Gasteiger partial charge in [-0.25, -0.2) is 4.79 Å². The van der Waals surface area contributed by atoms with Gasteiger partial charge in [0, 0.05) is 10.8 Å². The first-order chi connectivity index (χ1) is 7.73. The standard InChI is InChI=1S/C9H4B4O4/c10-8(11)9(12,13)17-6-3-4(7(14)15)1-2-5(6)16-8/h1-3H,(H,14,15). The first-order valence-corrected chi connectivity index (χ1v) is 4.64. The van der Waals surface area contributed by atoms with Crippen LogP contribution in [0.1, 0.15) is 10.4 Å². The van der Waals surface area contributed by atoms with Crippen molar-refractivity contribution in [3.8, 4) is 11.5 Å². The van der Waals surface area contributed by atoms with E-state index < -0.39 is 16.8 Å². The number of ether oxygens (including phenoxy) is 2. The summed E-state index contributed by atoms with van der Waals surface area (Å²) in [5.74, 6) is -0.874. The van der Waals surface area contributed by atoms with Gasteiger partial charge in [-0.15, -0.1) is 0 Å². The predicted octanol–water partition coefficient (Wildman–Crippen LogP) is -0.862. The van der Waals surface area contributed by atoms with Crippen LogP contribution in [0.15, 0.2) is 18.2 Å². The van der Waals surface area contributed by atoms with Crippen LogP contribution in [-0.2, 0) is 0 Å². The second kappa shape index (κ2) is 3.52. The summed E-state index contributed by atoms with van der Waals surface area (Å²) in [6.45, 7) is 0. The number of hydrogen-bond acceptors (Lipinski definition) is 3. The summed E-state index contributed by atoms with van der Waals surface area (Å²) in [5.41, 5.74) is 0.00435.